The van der Waals surface area contributed by atoms with Gasteiger partial charge in [0.05, 0.1) is 4.90 Å². The van der Waals surface area contributed by atoms with Gasteiger partial charge >= 0.3 is 0 Å². The highest BCUT2D eigenvalue weighted by Gasteiger charge is 2.22. The van der Waals surface area contributed by atoms with Crippen LogP contribution in [0, 0.1) is 18.7 Å². The summed E-state index contributed by atoms with van der Waals surface area (Å²) in [4.78, 5) is -0.0893. The minimum atomic E-state index is -3.77. The molecule has 0 aromatic heterocycles. The molecule has 0 heterocycles. The SMILES string of the molecule is Cc1cc(F)cc(S(=O)(=O)NC(CCO)C(C)C)c1. The van der Waals surface area contributed by atoms with Crippen LogP contribution in [0.4, 0.5) is 4.39 Å². The summed E-state index contributed by atoms with van der Waals surface area (Å²) in [7, 11) is -3.77. The number of aryl methyl sites for hydroxylation is 1. The van der Waals surface area contributed by atoms with Gasteiger partial charge in [-0.1, -0.05) is 13.8 Å². The Bertz CT molecular complexity index is 508. The van der Waals surface area contributed by atoms with E-state index in [0.29, 0.717) is 12.0 Å². The minimum absolute atomic E-state index is 0.0385. The van der Waals surface area contributed by atoms with Gasteiger partial charge in [-0.2, -0.15) is 0 Å². The average Bonchev–Trinajstić information content (AvgIpc) is 2.26. The van der Waals surface area contributed by atoms with Crippen molar-refractivity contribution in [1.82, 2.24) is 4.72 Å². The van der Waals surface area contributed by atoms with Crippen LogP contribution >= 0.6 is 0 Å². The second kappa shape index (κ2) is 6.45. The van der Waals surface area contributed by atoms with E-state index in [0.717, 1.165) is 6.07 Å². The number of rotatable bonds is 6. The van der Waals surface area contributed by atoms with E-state index in [-0.39, 0.29) is 23.5 Å². The highest BCUT2D eigenvalue weighted by molar-refractivity contribution is 7.89. The second-order valence-corrected chi connectivity index (χ2v) is 6.66. The minimum Gasteiger partial charge on any atom is -0.396 e. The summed E-state index contributed by atoms with van der Waals surface area (Å²) < 4.78 is 40.1. The lowest BCUT2D eigenvalue weighted by Gasteiger charge is -2.21. The normalized spacial score (nSPS) is 13.8. The van der Waals surface area contributed by atoms with Gasteiger partial charge in [0.25, 0.3) is 0 Å². The smallest absolute Gasteiger partial charge is 0.240 e. The Labute approximate surface area is 113 Å². The highest BCUT2D eigenvalue weighted by atomic mass is 32.2. The number of aliphatic hydroxyl groups is 1. The third-order valence-corrected chi connectivity index (χ3v) is 4.35. The van der Waals surface area contributed by atoms with Crippen molar-refractivity contribution in [3.8, 4) is 0 Å². The zero-order valence-corrected chi connectivity index (χ0v) is 12.2. The average molecular weight is 289 g/mol. The number of sulfonamides is 1. The second-order valence-electron chi connectivity index (χ2n) is 4.95. The molecule has 0 fully saturated rings. The Morgan fingerprint density at radius 2 is 1.95 bits per heavy atom. The van der Waals surface area contributed by atoms with E-state index in [1.807, 2.05) is 13.8 Å². The number of nitrogens with one attached hydrogen (secondary N) is 1. The van der Waals surface area contributed by atoms with Crippen LogP contribution in [-0.2, 0) is 10.0 Å². The van der Waals surface area contributed by atoms with Crippen molar-refractivity contribution >= 4 is 10.0 Å². The highest BCUT2D eigenvalue weighted by Crippen LogP contribution is 2.16. The molecule has 0 spiro atoms. The van der Waals surface area contributed by atoms with Gasteiger partial charge in [0.1, 0.15) is 5.82 Å². The fourth-order valence-electron chi connectivity index (χ4n) is 1.79. The third-order valence-electron chi connectivity index (χ3n) is 2.88. The molecule has 1 atom stereocenters. The molecule has 4 nitrogen and oxygen atoms in total. The molecule has 1 unspecified atom stereocenters. The van der Waals surface area contributed by atoms with Gasteiger partial charge in [0.15, 0.2) is 0 Å². The molecule has 0 saturated heterocycles. The van der Waals surface area contributed by atoms with Crippen molar-refractivity contribution in [3.63, 3.8) is 0 Å². The molecule has 0 aliphatic heterocycles. The topological polar surface area (TPSA) is 66.4 Å². The van der Waals surface area contributed by atoms with Crippen molar-refractivity contribution in [2.24, 2.45) is 5.92 Å². The van der Waals surface area contributed by atoms with Crippen molar-refractivity contribution in [1.29, 1.82) is 0 Å². The van der Waals surface area contributed by atoms with Crippen LogP contribution in [0.25, 0.3) is 0 Å². The molecular formula is C13H20FNO3S. The first-order chi connectivity index (χ1) is 8.76. The van der Waals surface area contributed by atoms with Crippen LogP contribution in [-0.4, -0.2) is 26.2 Å². The van der Waals surface area contributed by atoms with Crippen LogP contribution in [0.1, 0.15) is 25.8 Å². The summed E-state index contributed by atoms with van der Waals surface area (Å²) in [6.45, 7) is 5.25. The number of hydrogen-bond acceptors (Lipinski definition) is 3. The molecule has 0 saturated carbocycles. The van der Waals surface area contributed by atoms with Gasteiger partial charge in [-0.05, 0) is 43.0 Å². The first-order valence-electron chi connectivity index (χ1n) is 6.16. The zero-order valence-electron chi connectivity index (χ0n) is 11.4. The number of hydrogen-bond donors (Lipinski definition) is 2. The lowest BCUT2D eigenvalue weighted by atomic mass is 10.0. The predicted molar refractivity (Wildman–Crippen MR) is 71.8 cm³/mol. The number of aliphatic hydroxyl groups excluding tert-OH is 1. The zero-order chi connectivity index (χ0) is 14.6. The molecular weight excluding hydrogens is 269 g/mol. The molecule has 19 heavy (non-hydrogen) atoms. The van der Waals surface area contributed by atoms with E-state index in [1.54, 1.807) is 6.92 Å². The maximum absolute atomic E-state index is 13.3. The first-order valence-corrected chi connectivity index (χ1v) is 7.65. The predicted octanol–water partition coefficient (Wildman–Crippen LogP) is 1.82. The van der Waals surface area contributed by atoms with Gasteiger partial charge in [0, 0.05) is 12.6 Å². The largest absolute Gasteiger partial charge is 0.396 e. The molecule has 6 heteroatoms. The molecule has 2 N–H and O–H groups in total. The van der Waals surface area contributed by atoms with Crippen molar-refractivity contribution in [2.45, 2.75) is 38.1 Å². The van der Waals surface area contributed by atoms with E-state index in [4.69, 9.17) is 5.11 Å². The standard InChI is InChI=1S/C13H20FNO3S/c1-9(2)13(4-5-16)15-19(17,18)12-7-10(3)6-11(14)8-12/h6-9,13,15-16H,4-5H2,1-3H3. The number of benzene rings is 1. The molecule has 1 aromatic carbocycles. The Hall–Kier alpha value is -0.980. The molecule has 0 radical (unpaired) electrons. The Kier molecular flexibility index (Phi) is 5.46. The fraction of sp³-hybridized carbons (Fsp3) is 0.538. The van der Waals surface area contributed by atoms with Crippen LogP contribution in [0.3, 0.4) is 0 Å². The summed E-state index contributed by atoms with van der Waals surface area (Å²) in [5.74, 6) is -0.541. The van der Waals surface area contributed by atoms with Gasteiger partial charge in [-0.15, -0.1) is 0 Å². The third kappa shape index (κ3) is 4.56. The maximum Gasteiger partial charge on any atom is 0.240 e. The first kappa shape index (κ1) is 16.1. The van der Waals surface area contributed by atoms with E-state index in [1.165, 1.54) is 12.1 Å². The lowest BCUT2D eigenvalue weighted by molar-refractivity contribution is 0.256. The molecule has 1 rings (SSSR count). The van der Waals surface area contributed by atoms with E-state index >= 15 is 0 Å². The summed E-state index contributed by atoms with van der Waals surface area (Å²) in [5.41, 5.74) is 0.545. The van der Waals surface area contributed by atoms with Gasteiger partial charge in [-0.3, -0.25) is 0 Å². The van der Waals surface area contributed by atoms with Crippen LogP contribution in [0.15, 0.2) is 23.1 Å². The van der Waals surface area contributed by atoms with Crippen LogP contribution in [0.2, 0.25) is 0 Å². The van der Waals surface area contributed by atoms with E-state index in [2.05, 4.69) is 4.72 Å². The molecule has 0 bridgehead atoms. The van der Waals surface area contributed by atoms with E-state index in [9.17, 15) is 12.8 Å². The maximum atomic E-state index is 13.3. The summed E-state index contributed by atoms with van der Waals surface area (Å²) in [6, 6.07) is 3.30. The number of halogens is 1. The van der Waals surface area contributed by atoms with Crippen LogP contribution in [0.5, 0.6) is 0 Å². The molecule has 0 aliphatic carbocycles. The quantitative estimate of drug-likeness (QED) is 0.839. The van der Waals surface area contributed by atoms with Crippen molar-refractivity contribution in [2.75, 3.05) is 6.61 Å². The van der Waals surface area contributed by atoms with Gasteiger partial charge in [-0.25, -0.2) is 17.5 Å². The summed E-state index contributed by atoms with van der Waals surface area (Å²) in [6.07, 6.45) is 0.325. The van der Waals surface area contributed by atoms with Gasteiger partial charge < -0.3 is 5.11 Å². The Balaban J connectivity index is 3.03. The van der Waals surface area contributed by atoms with Crippen molar-refractivity contribution < 1.29 is 17.9 Å². The Morgan fingerprint density at radius 3 is 2.42 bits per heavy atom. The summed E-state index contributed by atoms with van der Waals surface area (Å²) in [5, 5.41) is 8.95. The molecule has 108 valence electrons. The van der Waals surface area contributed by atoms with Crippen LogP contribution < -0.4 is 4.72 Å². The molecule has 0 amide bonds. The Morgan fingerprint density at radius 1 is 1.32 bits per heavy atom. The van der Waals surface area contributed by atoms with E-state index < -0.39 is 15.8 Å². The fourth-order valence-corrected chi connectivity index (χ4v) is 3.33. The van der Waals surface area contributed by atoms with Crippen molar-refractivity contribution in [3.05, 3.63) is 29.6 Å². The monoisotopic (exact) mass is 289 g/mol. The molecule has 1 aromatic rings. The summed E-state index contributed by atoms with van der Waals surface area (Å²) >= 11 is 0. The van der Waals surface area contributed by atoms with Gasteiger partial charge in [0.2, 0.25) is 10.0 Å². The molecule has 0 aliphatic rings. The lowest BCUT2D eigenvalue weighted by Crippen LogP contribution is -2.39.